The molecule has 3 rings (SSSR count). The average molecular weight is 288 g/mol. The maximum absolute atomic E-state index is 10.3. The Balaban J connectivity index is 1.60. The zero-order chi connectivity index (χ0) is 14.7. The van der Waals surface area contributed by atoms with E-state index in [1.807, 2.05) is 31.2 Å². The van der Waals surface area contributed by atoms with Crippen molar-refractivity contribution in [3.8, 4) is 0 Å². The van der Waals surface area contributed by atoms with Crippen molar-refractivity contribution in [1.29, 1.82) is 0 Å². The molecule has 0 radical (unpaired) electrons. The summed E-state index contributed by atoms with van der Waals surface area (Å²) in [7, 11) is 0. The molecular formula is C17H24N2O2. The first-order valence-corrected chi connectivity index (χ1v) is 7.95. The van der Waals surface area contributed by atoms with Gasteiger partial charge in [-0.3, -0.25) is 0 Å². The standard InChI is InChI=1S/C17H24N2O2/c1-13-18-16-9-5-6-10-17(16)19(13)11-14(20)12-21-15-7-3-2-4-8-15/h5-6,9-10,14-15,20H,2-4,7-8,11-12H2,1H3/t14-/m0/s1. The molecule has 1 aromatic carbocycles. The van der Waals surface area contributed by atoms with Gasteiger partial charge in [-0.25, -0.2) is 4.98 Å². The summed E-state index contributed by atoms with van der Waals surface area (Å²) in [4.78, 5) is 4.53. The lowest BCUT2D eigenvalue weighted by atomic mass is 9.98. The number of para-hydroxylation sites is 2. The average Bonchev–Trinajstić information content (AvgIpc) is 2.82. The Morgan fingerprint density at radius 2 is 2.05 bits per heavy atom. The van der Waals surface area contributed by atoms with Crippen molar-refractivity contribution in [2.75, 3.05) is 6.61 Å². The monoisotopic (exact) mass is 288 g/mol. The fourth-order valence-corrected chi connectivity index (χ4v) is 3.17. The number of hydrogen-bond donors (Lipinski definition) is 1. The Morgan fingerprint density at radius 3 is 2.86 bits per heavy atom. The van der Waals surface area contributed by atoms with E-state index in [-0.39, 0.29) is 0 Å². The predicted octanol–water partition coefficient (Wildman–Crippen LogP) is 3.05. The van der Waals surface area contributed by atoms with Crippen LogP contribution in [0.5, 0.6) is 0 Å². The molecule has 1 saturated carbocycles. The van der Waals surface area contributed by atoms with Crippen LogP contribution in [0.25, 0.3) is 11.0 Å². The summed E-state index contributed by atoms with van der Waals surface area (Å²) in [6, 6.07) is 8.04. The van der Waals surface area contributed by atoms with E-state index in [1.165, 1.54) is 19.3 Å². The molecule has 1 atom stereocenters. The lowest BCUT2D eigenvalue weighted by molar-refractivity contribution is -0.0281. The topological polar surface area (TPSA) is 47.3 Å². The summed E-state index contributed by atoms with van der Waals surface area (Å²) in [5.74, 6) is 0.938. The molecule has 4 nitrogen and oxygen atoms in total. The summed E-state index contributed by atoms with van der Waals surface area (Å²) in [6.45, 7) is 2.93. The highest BCUT2D eigenvalue weighted by Gasteiger charge is 2.17. The third-order valence-corrected chi connectivity index (χ3v) is 4.32. The number of benzene rings is 1. The number of nitrogens with zero attached hydrogens (tertiary/aromatic N) is 2. The van der Waals surface area contributed by atoms with E-state index in [4.69, 9.17) is 4.74 Å². The Labute approximate surface area is 125 Å². The minimum absolute atomic E-state index is 0.342. The molecule has 0 amide bonds. The Bertz CT molecular complexity index is 587. The number of aromatic nitrogens is 2. The molecule has 1 aliphatic rings. The van der Waals surface area contributed by atoms with Crippen molar-refractivity contribution < 1.29 is 9.84 Å². The van der Waals surface area contributed by atoms with Crippen molar-refractivity contribution in [2.24, 2.45) is 0 Å². The SMILES string of the molecule is Cc1nc2ccccc2n1C[C@H](O)COC1CCCCC1. The minimum atomic E-state index is -0.483. The second kappa shape index (κ2) is 6.58. The zero-order valence-electron chi connectivity index (χ0n) is 12.7. The molecule has 1 heterocycles. The normalized spacial score (nSPS) is 18.2. The van der Waals surface area contributed by atoms with Crippen LogP contribution in [0.3, 0.4) is 0 Å². The van der Waals surface area contributed by atoms with Crippen molar-refractivity contribution in [3.63, 3.8) is 0 Å². The molecule has 4 heteroatoms. The summed E-state index contributed by atoms with van der Waals surface area (Å²) < 4.78 is 7.94. The molecule has 0 unspecified atom stereocenters. The summed E-state index contributed by atoms with van der Waals surface area (Å²) in [5, 5.41) is 10.3. The lowest BCUT2D eigenvalue weighted by Crippen LogP contribution is -2.27. The highest BCUT2D eigenvalue weighted by atomic mass is 16.5. The van der Waals surface area contributed by atoms with Gasteiger partial charge in [0.25, 0.3) is 0 Å². The third kappa shape index (κ3) is 3.44. The van der Waals surface area contributed by atoms with Crippen molar-refractivity contribution in [2.45, 2.75) is 57.8 Å². The Morgan fingerprint density at radius 1 is 1.29 bits per heavy atom. The van der Waals surface area contributed by atoms with E-state index < -0.39 is 6.10 Å². The van der Waals surface area contributed by atoms with Gasteiger partial charge >= 0.3 is 0 Å². The number of aliphatic hydroxyl groups is 1. The highest BCUT2D eigenvalue weighted by molar-refractivity contribution is 5.75. The smallest absolute Gasteiger partial charge is 0.106 e. The van der Waals surface area contributed by atoms with Crippen LogP contribution in [-0.2, 0) is 11.3 Å². The maximum atomic E-state index is 10.3. The molecule has 0 spiro atoms. The van der Waals surface area contributed by atoms with Crippen molar-refractivity contribution >= 4 is 11.0 Å². The maximum Gasteiger partial charge on any atom is 0.106 e. The molecule has 21 heavy (non-hydrogen) atoms. The van der Waals surface area contributed by atoms with E-state index in [2.05, 4.69) is 9.55 Å². The van der Waals surface area contributed by atoms with Crippen LogP contribution in [0.2, 0.25) is 0 Å². The van der Waals surface area contributed by atoms with E-state index in [1.54, 1.807) is 0 Å². The first-order valence-electron chi connectivity index (χ1n) is 7.95. The Hall–Kier alpha value is -1.39. The third-order valence-electron chi connectivity index (χ3n) is 4.32. The van der Waals surface area contributed by atoms with Gasteiger partial charge in [0, 0.05) is 0 Å². The highest BCUT2D eigenvalue weighted by Crippen LogP contribution is 2.21. The fourth-order valence-electron chi connectivity index (χ4n) is 3.17. The van der Waals surface area contributed by atoms with Crippen molar-refractivity contribution in [3.05, 3.63) is 30.1 Å². The van der Waals surface area contributed by atoms with Crippen LogP contribution in [0, 0.1) is 6.92 Å². The van der Waals surface area contributed by atoms with Crippen LogP contribution in [0.1, 0.15) is 37.9 Å². The van der Waals surface area contributed by atoms with Gasteiger partial charge in [-0.2, -0.15) is 0 Å². The van der Waals surface area contributed by atoms with Gasteiger partial charge < -0.3 is 14.4 Å². The second-order valence-corrected chi connectivity index (χ2v) is 6.01. The summed E-state index contributed by atoms with van der Waals surface area (Å²) in [6.07, 6.45) is 5.97. The van der Waals surface area contributed by atoms with Gasteiger partial charge in [0.05, 0.1) is 36.4 Å². The largest absolute Gasteiger partial charge is 0.389 e. The van der Waals surface area contributed by atoms with Gasteiger partial charge in [-0.15, -0.1) is 0 Å². The molecule has 1 N–H and O–H groups in total. The van der Waals surface area contributed by atoms with Crippen LogP contribution < -0.4 is 0 Å². The van der Waals surface area contributed by atoms with Crippen LogP contribution in [0.15, 0.2) is 24.3 Å². The Kier molecular flexibility index (Phi) is 4.56. The predicted molar refractivity (Wildman–Crippen MR) is 83.3 cm³/mol. The number of fused-ring (bicyclic) bond motifs is 1. The van der Waals surface area contributed by atoms with E-state index in [0.29, 0.717) is 19.3 Å². The van der Waals surface area contributed by atoms with Gasteiger partial charge in [0.1, 0.15) is 5.82 Å². The molecule has 2 aromatic rings. The second-order valence-electron chi connectivity index (χ2n) is 6.01. The van der Waals surface area contributed by atoms with Crippen LogP contribution in [0.4, 0.5) is 0 Å². The van der Waals surface area contributed by atoms with Gasteiger partial charge in [-0.05, 0) is 31.9 Å². The number of ether oxygens (including phenoxy) is 1. The van der Waals surface area contributed by atoms with Crippen LogP contribution in [-0.4, -0.2) is 33.5 Å². The first-order chi connectivity index (χ1) is 10.2. The van der Waals surface area contributed by atoms with Gasteiger partial charge in [0.15, 0.2) is 0 Å². The molecule has 114 valence electrons. The molecule has 0 aliphatic heterocycles. The van der Waals surface area contributed by atoms with E-state index in [0.717, 1.165) is 29.7 Å². The summed E-state index contributed by atoms with van der Waals surface area (Å²) in [5.41, 5.74) is 2.06. The molecular weight excluding hydrogens is 264 g/mol. The number of imidazole rings is 1. The first kappa shape index (κ1) is 14.5. The molecule has 1 fully saturated rings. The van der Waals surface area contributed by atoms with Crippen molar-refractivity contribution in [1.82, 2.24) is 9.55 Å². The molecule has 0 saturated heterocycles. The van der Waals surface area contributed by atoms with Crippen LogP contribution >= 0.6 is 0 Å². The van der Waals surface area contributed by atoms with Gasteiger partial charge in [-0.1, -0.05) is 31.4 Å². The number of hydrogen-bond acceptors (Lipinski definition) is 3. The minimum Gasteiger partial charge on any atom is -0.389 e. The lowest BCUT2D eigenvalue weighted by Gasteiger charge is -2.23. The fraction of sp³-hybridized carbons (Fsp3) is 0.588. The zero-order valence-corrected chi connectivity index (χ0v) is 12.7. The van der Waals surface area contributed by atoms with E-state index in [9.17, 15) is 5.11 Å². The number of aliphatic hydroxyl groups excluding tert-OH is 1. The molecule has 0 bridgehead atoms. The summed E-state index contributed by atoms with van der Waals surface area (Å²) >= 11 is 0. The number of rotatable bonds is 5. The quantitative estimate of drug-likeness (QED) is 0.920. The number of aryl methyl sites for hydroxylation is 1. The molecule has 1 aliphatic carbocycles. The van der Waals surface area contributed by atoms with E-state index >= 15 is 0 Å². The van der Waals surface area contributed by atoms with Gasteiger partial charge in [0.2, 0.25) is 0 Å². The molecule has 1 aromatic heterocycles.